The molecule has 0 N–H and O–H groups in total. The van der Waals surface area contributed by atoms with Crippen LogP contribution in [-0.2, 0) is 14.3 Å². The van der Waals surface area contributed by atoms with E-state index in [1.54, 1.807) is 23.9 Å². The molecule has 6 rings (SSSR count). The van der Waals surface area contributed by atoms with E-state index in [1.807, 2.05) is 66.7 Å². The number of amides is 1. The highest BCUT2D eigenvalue weighted by molar-refractivity contribution is 6.03. The Bertz CT molecular complexity index is 1520. The molecule has 0 atom stereocenters. The summed E-state index contributed by atoms with van der Waals surface area (Å²) in [6.45, 7) is -0.149. The van der Waals surface area contributed by atoms with Crippen LogP contribution in [0.1, 0.15) is 0 Å². The van der Waals surface area contributed by atoms with Gasteiger partial charge < -0.3 is 9.47 Å². The lowest BCUT2D eigenvalue weighted by atomic mass is 10.1. The van der Waals surface area contributed by atoms with Gasteiger partial charge in [0.2, 0.25) is 5.95 Å². The minimum Gasteiger partial charge on any atom is -0.497 e. The van der Waals surface area contributed by atoms with Crippen molar-refractivity contribution < 1.29 is 19.1 Å². The zero-order valence-corrected chi connectivity index (χ0v) is 18.8. The molecule has 1 fully saturated rings. The molecule has 8 nitrogen and oxygen atoms in total. The summed E-state index contributed by atoms with van der Waals surface area (Å²) in [5.41, 5.74) is 0.252. The molecule has 1 amide bonds. The molecule has 3 aromatic carbocycles. The largest absolute Gasteiger partial charge is 0.497 e. The number of carbonyl (C=O) groups is 2. The van der Waals surface area contributed by atoms with Crippen LogP contribution in [-0.4, -0.2) is 45.9 Å². The first kappa shape index (κ1) is 21.0. The summed E-state index contributed by atoms with van der Waals surface area (Å²) in [7, 11) is 1.60. The molecule has 0 bridgehead atoms. The molecule has 1 aliphatic carbocycles. The Balaban J connectivity index is 1.53. The van der Waals surface area contributed by atoms with Gasteiger partial charge in [-0.05, 0) is 65.4 Å². The molecule has 2 heterocycles. The van der Waals surface area contributed by atoms with Gasteiger partial charge in [0.25, 0.3) is 5.91 Å². The average molecular weight is 464 g/mol. The minimum atomic E-state index is -1.25. The molecule has 1 aromatic heterocycles. The first-order valence-electron chi connectivity index (χ1n) is 11.1. The second-order valence-electron chi connectivity index (χ2n) is 8.25. The van der Waals surface area contributed by atoms with Gasteiger partial charge in [-0.15, -0.1) is 5.10 Å². The second-order valence-corrected chi connectivity index (χ2v) is 8.25. The highest BCUT2D eigenvalue weighted by Gasteiger charge is 2.48. The van der Waals surface area contributed by atoms with E-state index in [0.717, 1.165) is 16.3 Å². The highest BCUT2D eigenvalue weighted by atomic mass is 16.5. The van der Waals surface area contributed by atoms with Gasteiger partial charge in [-0.2, -0.15) is 9.67 Å². The summed E-state index contributed by atoms with van der Waals surface area (Å²) in [5, 5.41) is 6.95. The lowest BCUT2D eigenvalue weighted by Crippen LogP contribution is -2.46. The monoisotopic (exact) mass is 464 g/mol. The number of ketones is 1. The zero-order chi connectivity index (χ0) is 24.0. The van der Waals surface area contributed by atoms with Gasteiger partial charge in [-0.3, -0.25) is 9.59 Å². The molecule has 2 aliphatic rings. The minimum absolute atomic E-state index is 0.149. The number of allylic oxidation sites excluding steroid dienone is 2. The number of hydrogen-bond acceptors (Lipinski definition) is 6. The fraction of sp³-hybridized carbons (Fsp3) is 0.111. The maximum absolute atomic E-state index is 13.1. The molecule has 1 saturated heterocycles. The molecule has 172 valence electrons. The number of aromatic nitrogens is 3. The lowest BCUT2D eigenvalue weighted by molar-refractivity contribution is -0.117. The Morgan fingerprint density at radius 1 is 0.943 bits per heavy atom. The molecule has 0 radical (unpaired) electrons. The molecule has 35 heavy (non-hydrogen) atoms. The van der Waals surface area contributed by atoms with Crippen LogP contribution in [0.4, 0.5) is 5.95 Å². The number of methoxy groups -OCH3 is 1. The first-order valence-corrected chi connectivity index (χ1v) is 11.1. The molecule has 1 spiro atoms. The van der Waals surface area contributed by atoms with Crippen molar-refractivity contribution in [2.45, 2.75) is 5.72 Å². The van der Waals surface area contributed by atoms with Crippen molar-refractivity contribution in [1.82, 2.24) is 14.8 Å². The van der Waals surface area contributed by atoms with Crippen molar-refractivity contribution in [2.24, 2.45) is 0 Å². The molecule has 8 heteroatoms. The number of benzene rings is 3. The molecular weight excluding hydrogens is 444 g/mol. The van der Waals surface area contributed by atoms with E-state index in [0.29, 0.717) is 17.3 Å². The van der Waals surface area contributed by atoms with Gasteiger partial charge in [-0.1, -0.05) is 36.4 Å². The quantitative estimate of drug-likeness (QED) is 0.456. The number of hydrogen-bond donors (Lipinski definition) is 0. The van der Waals surface area contributed by atoms with E-state index in [1.165, 1.54) is 17.1 Å². The smallest absolute Gasteiger partial charge is 0.258 e. The van der Waals surface area contributed by atoms with Gasteiger partial charge in [0, 0.05) is 5.56 Å². The first-order chi connectivity index (χ1) is 17.1. The number of rotatable bonds is 4. The second kappa shape index (κ2) is 8.03. The Labute approximate surface area is 200 Å². The Morgan fingerprint density at radius 3 is 2.43 bits per heavy atom. The Hall–Kier alpha value is -4.56. The molecule has 1 aliphatic heterocycles. The van der Waals surface area contributed by atoms with Gasteiger partial charge in [-0.25, -0.2) is 4.90 Å². The van der Waals surface area contributed by atoms with Crippen LogP contribution in [0.5, 0.6) is 5.75 Å². The number of nitrogens with zero attached hydrogens (tertiary/aromatic N) is 4. The summed E-state index contributed by atoms with van der Waals surface area (Å²) in [5.74, 6) is 0.965. The normalized spacial score (nSPS) is 16.5. The maximum Gasteiger partial charge on any atom is 0.258 e. The maximum atomic E-state index is 13.1. The Morgan fingerprint density at radius 2 is 1.69 bits per heavy atom. The van der Waals surface area contributed by atoms with Gasteiger partial charge in [0.1, 0.15) is 12.4 Å². The molecule has 0 unspecified atom stereocenters. The summed E-state index contributed by atoms with van der Waals surface area (Å²) < 4.78 is 12.8. The van der Waals surface area contributed by atoms with Crippen molar-refractivity contribution in [3.05, 3.63) is 91.0 Å². The van der Waals surface area contributed by atoms with Crippen molar-refractivity contribution in [3.8, 4) is 22.8 Å². The topological polar surface area (TPSA) is 86.6 Å². The third-order valence-electron chi connectivity index (χ3n) is 6.11. The number of ether oxygens (including phenoxy) is 2. The zero-order valence-electron chi connectivity index (χ0n) is 18.8. The highest BCUT2D eigenvalue weighted by Crippen LogP contribution is 2.36. The van der Waals surface area contributed by atoms with E-state index in [4.69, 9.17) is 19.6 Å². The van der Waals surface area contributed by atoms with Crippen LogP contribution in [0, 0.1) is 0 Å². The predicted molar refractivity (Wildman–Crippen MR) is 130 cm³/mol. The van der Waals surface area contributed by atoms with Crippen LogP contribution in [0.15, 0.2) is 91.0 Å². The van der Waals surface area contributed by atoms with Crippen LogP contribution in [0.25, 0.3) is 27.8 Å². The van der Waals surface area contributed by atoms with Gasteiger partial charge in [0.15, 0.2) is 17.3 Å². The third-order valence-corrected chi connectivity index (χ3v) is 6.11. The predicted octanol–water partition coefficient (Wildman–Crippen LogP) is 3.85. The summed E-state index contributed by atoms with van der Waals surface area (Å²) >= 11 is 0. The van der Waals surface area contributed by atoms with E-state index in [2.05, 4.69) is 0 Å². The summed E-state index contributed by atoms with van der Waals surface area (Å²) in [4.78, 5) is 31.1. The third kappa shape index (κ3) is 3.51. The van der Waals surface area contributed by atoms with Crippen LogP contribution in [0.3, 0.4) is 0 Å². The number of carbonyl (C=O) groups excluding carboxylic acids is 2. The standard InChI is InChI=1S/C27H20N4O4/c1-34-23-10-8-21(9-11-23)31-26(30-24(33)17-35-27(30)14-12-22(32)13-15-27)28-25(29-31)20-7-6-18-4-2-3-5-19(18)16-20/h2-16H,17H2,1H3. The van der Waals surface area contributed by atoms with Crippen molar-refractivity contribution in [3.63, 3.8) is 0 Å². The average Bonchev–Trinajstić information content (AvgIpc) is 3.46. The fourth-order valence-electron chi connectivity index (χ4n) is 4.32. The molecule has 0 saturated carbocycles. The van der Waals surface area contributed by atoms with Gasteiger partial charge in [0.05, 0.1) is 12.8 Å². The summed E-state index contributed by atoms with van der Waals surface area (Å²) in [6, 6.07) is 21.3. The lowest BCUT2D eigenvalue weighted by Gasteiger charge is -2.31. The summed E-state index contributed by atoms with van der Waals surface area (Å²) in [6.07, 6.45) is 5.93. The van der Waals surface area contributed by atoms with Crippen molar-refractivity contribution in [1.29, 1.82) is 0 Å². The van der Waals surface area contributed by atoms with Crippen molar-refractivity contribution >= 4 is 28.4 Å². The molecular formula is C27H20N4O4. The van der Waals surface area contributed by atoms with Crippen LogP contribution >= 0.6 is 0 Å². The van der Waals surface area contributed by atoms with E-state index >= 15 is 0 Å². The van der Waals surface area contributed by atoms with Crippen LogP contribution < -0.4 is 9.64 Å². The van der Waals surface area contributed by atoms with E-state index in [9.17, 15) is 9.59 Å². The number of anilines is 1. The number of fused-ring (bicyclic) bond motifs is 1. The Kier molecular flexibility index (Phi) is 4.82. The van der Waals surface area contributed by atoms with E-state index in [-0.39, 0.29) is 24.2 Å². The van der Waals surface area contributed by atoms with Gasteiger partial charge >= 0.3 is 0 Å². The van der Waals surface area contributed by atoms with E-state index < -0.39 is 5.72 Å². The molecule has 4 aromatic rings. The SMILES string of the molecule is COc1ccc(-n2nc(-c3ccc4ccccc4c3)nc2N2C(=O)COC23C=CC(=O)C=C3)cc1. The van der Waals surface area contributed by atoms with Crippen molar-refractivity contribution in [2.75, 3.05) is 18.6 Å². The fourth-order valence-corrected chi connectivity index (χ4v) is 4.32. The van der Waals surface area contributed by atoms with Crippen LogP contribution in [0.2, 0.25) is 0 Å².